The van der Waals surface area contributed by atoms with E-state index in [0.717, 1.165) is 17.1 Å². The van der Waals surface area contributed by atoms with E-state index in [1.807, 2.05) is 25.1 Å². The molecule has 0 aliphatic heterocycles. The van der Waals surface area contributed by atoms with Gasteiger partial charge in [0.25, 0.3) is 0 Å². The highest BCUT2D eigenvalue weighted by Gasteiger charge is 2.24. The predicted octanol–water partition coefficient (Wildman–Crippen LogP) is 2.42. The van der Waals surface area contributed by atoms with Crippen molar-refractivity contribution in [1.29, 1.82) is 5.26 Å². The third-order valence-electron chi connectivity index (χ3n) is 3.15. The molecule has 1 saturated carbocycles. The van der Waals surface area contributed by atoms with E-state index in [1.54, 1.807) is 7.11 Å². The highest BCUT2D eigenvalue weighted by Crippen LogP contribution is 2.28. The van der Waals surface area contributed by atoms with Crippen molar-refractivity contribution in [2.75, 3.05) is 13.7 Å². The molecule has 0 bridgehead atoms. The summed E-state index contributed by atoms with van der Waals surface area (Å²) in [6, 6.07) is 8.53. The molecule has 0 spiro atoms. The second-order valence-corrected chi connectivity index (χ2v) is 4.91. The van der Waals surface area contributed by atoms with Crippen molar-refractivity contribution in [2.24, 2.45) is 0 Å². The Labute approximate surface area is 114 Å². The van der Waals surface area contributed by atoms with E-state index in [0.29, 0.717) is 19.1 Å². The molecule has 1 unspecified atom stereocenters. The van der Waals surface area contributed by atoms with E-state index < -0.39 is 0 Å². The molecule has 1 aliphatic rings. The molecule has 0 aromatic heterocycles. The summed E-state index contributed by atoms with van der Waals surface area (Å²) in [6.07, 6.45) is 3.06. The molecule has 1 fully saturated rings. The fourth-order valence-electron chi connectivity index (χ4n) is 1.90. The molecule has 1 N–H and O–H groups in total. The Morgan fingerprint density at radius 2 is 2.21 bits per heavy atom. The molecule has 0 amide bonds. The molecule has 102 valence electrons. The summed E-state index contributed by atoms with van der Waals surface area (Å²) >= 11 is 0. The molecular weight excluding hydrogens is 240 g/mol. The maximum Gasteiger partial charge on any atom is 0.161 e. The van der Waals surface area contributed by atoms with Crippen LogP contribution in [0.4, 0.5) is 0 Å². The van der Waals surface area contributed by atoms with Crippen molar-refractivity contribution in [3.05, 3.63) is 23.8 Å². The topological polar surface area (TPSA) is 54.3 Å². The second-order valence-electron chi connectivity index (χ2n) is 4.91. The lowest BCUT2D eigenvalue weighted by molar-refractivity contribution is 0.279. The second kappa shape index (κ2) is 6.44. The zero-order valence-electron chi connectivity index (χ0n) is 11.5. The number of ether oxygens (including phenoxy) is 2. The lowest BCUT2D eigenvalue weighted by atomic mass is 10.2. The summed E-state index contributed by atoms with van der Waals surface area (Å²) in [6.45, 7) is 2.52. The molecule has 0 saturated heterocycles. The molecule has 1 aromatic carbocycles. The fourth-order valence-corrected chi connectivity index (χ4v) is 1.90. The highest BCUT2D eigenvalue weighted by molar-refractivity contribution is 5.42. The van der Waals surface area contributed by atoms with Crippen LogP contribution in [0.3, 0.4) is 0 Å². The van der Waals surface area contributed by atoms with Crippen molar-refractivity contribution in [2.45, 2.75) is 38.3 Å². The molecule has 2 rings (SSSR count). The molecule has 19 heavy (non-hydrogen) atoms. The number of nitrogens with zero attached hydrogens (tertiary/aromatic N) is 1. The van der Waals surface area contributed by atoms with Gasteiger partial charge in [-0.25, -0.2) is 0 Å². The number of hydrogen-bond donors (Lipinski definition) is 1. The van der Waals surface area contributed by atoms with Crippen molar-refractivity contribution < 1.29 is 9.47 Å². The van der Waals surface area contributed by atoms with Gasteiger partial charge >= 0.3 is 0 Å². The molecule has 0 heterocycles. The molecule has 1 aromatic rings. The zero-order valence-corrected chi connectivity index (χ0v) is 11.5. The number of nitrogens with one attached hydrogen (secondary N) is 1. The Morgan fingerprint density at radius 3 is 2.84 bits per heavy atom. The zero-order chi connectivity index (χ0) is 13.7. The van der Waals surface area contributed by atoms with Crippen LogP contribution >= 0.6 is 0 Å². The van der Waals surface area contributed by atoms with Gasteiger partial charge in [-0.3, -0.25) is 5.32 Å². The van der Waals surface area contributed by atoms with Gasteiger partial charge in [0.2, 0.25) is 0 Å². The maximum atomic E-state index is 9.04. The van der Waals surface area contributed by atoms with Gasteiger partial charge in [0, 0.05) is 12.5 Å². The van der Waals surface area contributed by atoms with E-state index in [4.69, 9.17) is 14.7 Å². The standard InChI is InChI=1S/C15H20N2O2/c1-11-3-6-14(15(9-11)18-2)19-8-7-13(10-16)17-12-4-5-12/h3,6,9,12-13,17H,4-5,7-8H2,1-2H3. The van der Waals surface area contributed by atoms with Crippen molar-refractivity contribution in [3.63, 3.8) is 0 Å². The molecular formula is C15H20N2O2. The maximum absolute atomic E-state index is 9.04. The van der Waals surface area contributed by atoms with E-state index in [9.17, 15) is 0 Å². The largest absolute Gasteiger partial charge is 0.493 e. The number of hydrogen-bond acceptors (Lipinski definition) is 4. The number of aryl methyl sites for hydroxylation is 1. The predicted molar refractivity (Wildman–Crippen MR) is 73.4 cm³/mol. The van der Waals surface area contributed by atoms with Crippen LogP contribution in [0, 0.1) is 18.3 Å². The van der Waals surface area contributed by atoms with Gasteiger partial charge in [0.15, 0.2) is 11.5 Å². The number of rotatable bonds is 7. The van der Waals surface area contributed by atoms with Gasteiger partial charge in [-0.1, -0.05) is 6.07 Å². The van der Waals surface area contributed by atoms with Crippen molar-refractivity contribution in [3.8, 4) is 17.6 Å². The number of benzene rings is 1. The first-order valence-corrected chi connectivity index (χ1v) is 6.66. The lowest BCUT2D eigenvalue weighted by Crippen LogP contribution is -2.31. The van der Waals surface area contributed by atoms with Crippen molar-refractivity contribution in [1.82, 2.24) is 5.32 Å². The molecule has 4 nitrogen and oxygen atoms in total. The lowest BCUT2D eigenvalue weighted by Gasteiger charge is -2.14. The van der Waals surface area contributed by atoms with Gasteiger partial charge in [0.05, 0.1) is 25.8 Å². The van der Waals surface area contributed by atoms with E-state index in [1.165, 1.54) is 12.8 Å². The summed E-state index contributed by atoms with van der Waals surface area (Å²) in [5.41, 5.74) is 1.13. The Morgan fingerprint density at radius 1 is 1.42 bits per heavy atom. The monoisotopic (exact) mass is 260 g/mol. The Balaban J connectivity index is 1.82. The van der Waals surface area contributed by atoms with E-state index in [-0.39, 0.29) is 6.04 Å². The van der Waals surface area contributed by atoms with E-state index >= 15 is 0 Å². The minimum Gasteiger partial charge on any atom is -0.493 e. The minimum atomic E-state index is -0.121. The highest BCUT2D eigenvalue weighted by atomic mass is 16.5. The molecule has 0 radical (unpaired) electrons. The van der Waals surface area contributed by atoms with Gasteiger partial charge in [-0.2, -0.15) is 5.26 Å². The number of nitriles is 1. The van der Waals surface area contributed by atoms with Crippen LogP contribution in [0.1, 0.15) is 24.8 Å². The quantitative estimate of drug-likeness (QED) is 0.818. The Kier molecular flexibility index (Phi) is 4.64. The summed E-state index contributed by atoms with van der Waals surface area (Å²) in [5, 5.41) is 12.3. The van der Waals surface area contributed by atoms with Crippen LogP contribution in [0.15, 0.2) is 18.2 Å². The normalized spacial score (nSPS) is 15.6. The van der Waals surface area contributed by atoms with Crippen LogP contribution in [-0.4, -0.2) is 25.8 Å². The third-order valence-corrected chi connectivity index (χ3v) is 3.15. The molecule has 1 atom stereocenters. The smallest absolute Gasteiger partial charge is 0.161 e. The fraction of sp³-hybridized carbons (Fsp3) is 0.533. The first-order valence-electron chi connectivity index (χ1n) is 6.66. The van der Waals surface area contributed by atoms with Gasteiger partial charge in [-0.15, -0.1) is 0 Å². The minimum absolute atomic E-state index is 0.121. The van der Waals surface area contributed by atoms with Crippen LogP contribution in [0.2, 0.25) is 0 Å². The van der Waals surface area contributed by atoms with Gasteiger partial charge < -0.3 is 9.47 Å². The first kappa shape index (κ1) is 13.7. The first-order chi connectivity index (χ1) is 9.22. The summed E-state index contributed by atoms with van der Waals surface area (Å²) in [5.74, 6) is 1.47. The van der Waals surface area contributed by atoms with E-state index in [2.05, 4.69) is 11.4 Å². The van der Waals surface area contributed by atoms with Crippen LogP contribution < -0.4 is 14.8 Å². The third kappa shape index (κ3) is 4.15. The SMILES string of the molecule is COc1cc(C)ccc1OCCC(C#N)NC1CC1. The summed E-state index contributed by atoms with van der Waals surface area (Å²) < 4.78 is 11.0. The average molecular weight is 260 g/mol. The molecule has 4 heteroatoms. The number of methoxy groups -OCH3 is 1. The van der Waals surface area contributed by atoms with Gasteiger partial charge in [-0.05, 0) is 37.5 Å². The van der Waals surface area contributed by atoms with Gasteiger partial charge in [0.1, 0.15) is 0 Å². The summed E-state index contributed by atoms with van der Waals surface area (Å²) in [4.78, 5) is 0. The van der Waals surface area contributed by atoms with Crippen molar-refractivity contribution >= 4 is 0 Å². The Hall–Kier alpha value is -1.73. The van der Waals surface area contributed by atoms with Crippen LogP contribution in [-0.2, 0) is 0 Å². The average Bonchev–Trinajstić information content (AvgIpc) is 3.23. The van der Waals surface area contributed by atoms with Crippen LogP contribution in [0.25, 0.3) is 0 Å². The summed E-state index contributed by atoms with van der Waals surface area (Å²) in [7, 11) is 1.63. The molecule has 1 aliphatic carbocycles. The Bertz CT molecular complexity index is 464. The van der Waals surface area contributed by atoms with Crippen LogP contribution in [0.5, 0.6) is 11.5 Å².